The maximum atomic E-state index is 5.39. The lowest BCUT2D eigenvalue weighted by atomic mass is 9.89. The van der Waals surface area contributed by atoms with Crippen molar-refractivity contribution >= 4 is 15.9 Å². The van der Waals surface area contributed by atoms with E-state index in [-0.39, 0.29) is 0 Å². The van der Waals surface area contributed by atoms with Gasteiger partial charge in [0, 0.05) is 11.0 Å². The van der Waals surface area contributed by atoms with Crippen molar-refractivity contribution in [3.8, 4) is 5.75 Å². The molecule has 1 aromatic carbocycles. The standard InChI is InChI=1S/C22H35BrN2O/c1-3-24-11-4-5-19(17-24)10-14-25-12-8-18(9-13-25)15-20-16-21(26-2)6-7-22(20)23/h6-7,16,18-19H,3-5,8-15,17H2,1-2H3. The molecule has 146 valence electrons. The summed E-state index contributed by atoms with van der Waals surface area (Å²) in [6.45, 7) is 10.0. The van der Waals surface area contributed by atoms with Gasteiger partial charge >= 0.3 is 0 Å². The summed E-state index contributed by atoms with van der Waals surface area (Å²) in [4.78, 5) is 5.34. The van der Waals surface area contributed by atoms with Gasteiger partial charge < -0.3 is 14.5 Å². The Morgan fingerprint density at radius 3 is 2.62 bits per heavy atom. The van der Waals surface area contributed by atoms with E-state index in [2.05, 4.69) is 44.8 Å². The number of ether oxygens (including phenoxy) is 1. The number of nitrogens with zero attached hydrogens (tertiary/aromatic N) is 2. The fourth-order valence-corrected chi connectivity index (χ4v) is 5.01. The van der Waals surface area contributed by atoms with Crippen LogP contribution in [0.3, 0.4) is 0 Å². The molecule has 2 fully saturated rings. The molecule has 0 N–H and O–H groups in total. The van der Waals surface area contributed by atoms with Gasteiger partial charge in [0.05, 0.1) is 7.11 Å². The van der Waals surface area contributed by atoms with Crippen molar-refractivity contribution in [3.05, 3.63) is 28.2 Å². The topological polar surface area (TPSA) is 15.7 Å². The van der Waals surface area contributed by atoms with Crippen LogP contribution in [0.5, 0.6) is 5.75 Å². The third-order valence-electron chi connectivity index (χ3n) is 6.37. The van der Waals surface area contributed by atoms with Gasteiger partial charge in [0.15, 0.2) is 0 Å². The fourth-order valence-electron chi connectivity index (χ4n) is 4.60. The smallest absolute Gasteiger partial charge is 0.119 e. The van der Waals surface area contributed by atoms with Crippen LogP contribution < -0.4 is 4.74 Å². The average Bonchev–Trinajstić information content (AvgIpc) is 2.69. The van der Waals surface area contributed by atoms with E-state index >= 15 is 0 Å². The van der Waals surface area contributed by atoms with Crippen molar-refractivity contribution in [2.24, 2.45) is 11.8 Å². The maximum Gasteiger partial charge on any atom is 0.119 e. The molecular weight excluding hydrogens is 388 g/mol. The molecule has 4 heteroatoms. The highest BCUT2D eigenvalue weighted by Gasteiger charge is 2.23. The van der Waals surface area contributed by atoms with E-state index < -0.39 is 0 Å². The molecule has 0 aromatic heterocycles. The number of likely N-dealkylation sites (tertiary alicyclic amines) is 2. The third-order valence-corrected chi connectivity index (χ3v) is 7.15. The van der Waals surface area contributed by atoms with Gasteiger partial charge in [-0.2, -0.15) is 0 Å². The monoisotopic (exact) mass is 422 g/mol. The van der Waals surface area contributed by atoms with E-state index in [0.717, 1.165) is 17.6 Å². The summed E-state index contributed by atoms with van der Waals surface area (Å²) in [5.41, 5.74) is 1.39. The molecule has 2 aliphatic rings. The second kappa shape index (κ2) is 10.1. The van der Waals surface area contributed by atoms with Crippen LogP contribution in [0.1, 0.15) is 44.6 Å². The number of halogens is 1. The van der Waals surface area contributed by atoms with Crippen LogP contribution in [0.4, 0.5) is 0 Å². The molecule has 3 nitrogen and oxygen atoms in total. The lowest BCUT2D eigenvalue weighted by Crippen LogP contribution is -2.39. The summed E-state index contributed by atoms with van der Waals surface area (Å²) in [5, 5.41) is 0. The van der Waals surface area contributed by atoms with E-state index in [9.17, 15) is 0 Å². The largest absolute Gasteiger partial charge is 0.497 e. The molecule has 0 radical (unpaired) electrons. The zero-order valence-corrected chi connectivity index (χ0v) is 18.1. The zero-order valence-electron chi connectivity index (χ0n) is 16.6. The fraction of sp³-hybridized carbons (Fsp3) is 0.727. The summed E-state index contributed by atoms with van der Waals surface area (Å²) in [5.74, 6) is 2.70. The van der Waals surface area contributed by atoms with Gasteiger partial charge in [-0.1, -0.05) is 22.9 Å². The van der Waals surface area contributed by atoms with Crippen molar-refractivity contribution in [2.45, 2.75) is 45.4 Å². The number of methoxy groups -OCH3 is 1. The Bertz CT molecular complexity index is 557. The summed E-state index contributed by atoms with van der Waals surface area (Å²) < 4.78 is 6.61. The lowest BCUT2D eigenvalue weighted by molar-refractivity contribution is 0.139. The molecule has 1 aromatic rings. The number of piperidine rings is 2. The highest BCUT2D eigenvalue weighted by Crippen LogP contribution is 2.29. The SMILES string of the molecule is CCN1CCCC(CCN2CCC(Cc3cc(OC)ccc3Br)CC2)C1. The lowest BCUT2D eigenvalue weighted by Gasteiger charge is -2.35. The first kappa shape index (κ1) is 20.2. The van der Waals surface area contributed by atoms with Crippen LogP contribution in [0.2, 0.25) is 0 Å². The minimum Gasteiger partial charge on any atom is -0.497 e. The van der Waals surface area contributed by atoms with Gasteiger partial charge in [-0.25, -0.2) is 0 Å². The minimum atomic E-state index is 0.805. The third kappa shape index (κ3) is 5.71. The van der Waals surface area contributed by atoms with Crippen LogP contribution >= 0.6 is 15.9 Å². The molecular formula is C22H35BrN2O. The highest BCUT2D eigenvalue weighted by molar-refractivity contribution is 9.10. The van der Waals surface area contributed by atoms with Gasteiger partial charge in [0.2, 0.25) is 0 Å². The van der Waals surface area contributed by atoms with Crippen LogP contribution in [0, 0.1) is 11.8 Å². The van der Waals surface area contributed by atoms with Crippen molar-refractivity contribution in [1.29, 1.82) is 0 Å². The number of hydrogen-bond acceptors (Lipinski definition) is 3. The van der Waals surface area contributed by atoms with Crippen LogP contribution in [0.25, 0.3) is 0 Å². The summed E-state index contributed by atoms with van der Waals surface area (Å²) in [7, 11) is 1.75. The molecule has 0 bridgehead atoms. The maximum absolute atomic E-state index is 5.39. The van der Waals surface area contributed by atoms with Gasteiger partial charge in [0.25, 0.3) is 0 Å². The van der Waals surface area contributed by atoms with Crippen LogP contribution in [-0.4, -0.2) is 56.2 Å². The Morgan fingerprint density at radius 1 is 1.08 bits per heavy atom. The molecule has 1 unspecified atom stereocenters. The highest BCUT2D eigenvalue weighted by atomic mass is 79.9. The second-order valence-corrected chi connectivity index (χ2v) is 8.99. The first-order chi connectivity index (χ1) is 12.7. The number of benzene rings is 1. The molecule has 2 heterocycles. The summed E-state index contributed by atoms with van der Waals surface area (Å²) in [6.07, 6.45) is 8.06. The molecule has 0 amide bonds. The van der Waals surface area contributed by atoms with Crippen LogP contribution in [0.15, 0.2) is 22.7 Å². The minimum absolute atomic E-state index is 0.805. The summed E-state index contributed by atoms with van der Waals surface area (Å²) in [6, 6.07) is 6.34. The van der Waals surface area contributed by atoms with E-state index in [1.807, 2.05) is 6.07 Å². The molecule has 1 atom stereocenters. The van der Waals surface area contributed by atoms with Crippen molar-refractivity contribution < 1.29 is 4.74 Å². The Balaban J connectivity index is 1.40. The molecule has 3 rings (SSSR count). The van der Waals surface area contributed by atoms with Crippen molar-refractivity contribution in [3.63, 3.8) is 0 Å². The van der Waals surface area contributed by atoms with Gasteiger partial charge in [0.1, 0.15) is 5.75 Å². The van der Waals surface area contributed by atoms with Gasteiger partial charge in [-0.05, 0) is 107 Å². The first-order valence-corrected chi connectivity index (χ1v) is 11.2. The Hall–Kier alpha value is -0.580. The predicted molar refractivity (Wildman–Crippen MR) is 113 cm³/mol. The van der Waals surface area contributed by atoms with Crippen molar-refractivity contribution in [2.75, 3.05) is 46.4 Å². The molecule has 2 saturated heterocycles. The average molecular weight is 423 g/mol. The predicted octanol–water partition coefficient (Wildman–Crippen LogP) is 4.83. The number of hydrogen-bond donors (Lipinski definition) is 0. The Labute approximate surface area is 168 Å². The molecule has 0 aliphatic carbocycles. The van der Waals surface area contributed by atoms with E-state index in [1.54, 1.807) is 7.11 Å². The second-order valence-electron chi connectivity index (χ2n) is 8.14. The summed E-state index contributed by atoms with van der Waals surface area (Å²) >= 11 is 3.71. The van der Waals surface area contributed by atoms with E-state index in [4.69, 9.17) is 4.74 Å². The Morgan fingerprint density at radius 2 is 1.88 bits per heavy atom. The molecule has 2 aliphatic heterocycles. The number of rotatable bonds is 7. The quantitative estimate of drug-likeness (QED) is 0.625. The molecule has 0 spiro atoms. The van der Waals surface area contributed by atoms with Gasteiger partial charge in [-0.3, -0.25) is 0 Å². The van der Waals surface area contributed by atoms with E-state index in [1.165, 1.54) is 87.8 Å². The zero-order chi connectivity index (χ0) is 18.4. The van der Waals surface area contributed by atoms with Crippen molar-refractivity contribution in [1.82, 2.24) is 9.80 Å². The van der Waals surface area contributed by atoms with E-state index in [0.29, 0.717) is 0 Å². The normalized spacial score (nSPS) is 23.3. The van der Waals surface area contributed by atoms with Gasteiger partial charge in [-0.15, -0.1) is 0 Å². The molecule has 0 saturated carbocycles. The first-order valence-electron chi connectivity index (χ1n) is 10.4. The molecule has 26 heavy (non-hydrogen) atoms. The Kier molecular flexibility index (Phi) is 7.83. The van der Waals surface area contributed by atoms with Crippen LogP contribution in [-0.2, 0) is 6.42 Å².